The van der Waals surface area contributed by atoms with Crippen molar-refractivity contribution in [2.24, 2.45) is 5.73 Å². The van der Waals surface area contributed by atoms with E-state index in [0.717, 1.165) is 12.8 Å². The quantitative estimate of drug-likeness (QED) is 0.730. The number of rotatable bonds is 6. The molecule has 0 bridgehead atoms. The van der Waals surface area contributed by atoms with Gasteiger partial charge in [-0.15, -0.1) is 13.2 Å². The topological polar surface area (TPSA) is 26.0 Å². The molecule has 0 aliphatic rings. The van der Waals surface area contributed by atoms with E-state index in [2.05, 4.69) is 51.3 Å². The second-order valence-electron chi connectivity index (χ2n) is 4.92. The summed E-state index contributed by atoms with van der Waals surface area (Å²) in [5, 5.41) is 0. The van der Waals surface area contributed by atoms with Gasteiger partial charge in [-0.1, -0.05) is 50.3 Å². The van der Waals surface area contributed by atoms with E-state index < -0.39 is 0 Å². The van der Waals surface area contributed by atoms with Gasteiger partial charge in [0.1, 0.15) is 0 Å². The van der Waals surface area contributed by atoms with Crippen molar-refractivity contribution in [3.63, 3.8) is 0 Å². The molecule has 0 radical (unpaired) electrons. The molecule has 0 aliphatic carbocycles. The zero-order chi connectivity index (χ0) is 12.9. The van der Waals surface area contributed by atoms with Gasteiger partial charge >= 0.3 is 0 Å². The molecule has 0 amide bonds. The highest BCUT2D eigenvalue weighted by Crippen LogP contribution is 2.29. The largest absolute Gasteiger partial charge is 0.321 e. The minimum atomic E-state index is -0.367. The summed E-state index contributed by atoms with van der Waals surface area (Å²) in [6.45, 7) is 12.0. The van der Waals surface area contributed by atoms with Crippen molar-refractivity contribution in [2.45, 2.75) is 38.1 Å². The molecular weight excluding hydrogens is 206 g/mol. The van der Waals surface area contributed by atoms with Crippen molar-refractivity contribution >= 4 is 0 Å². The first-order valence-electron chi connectivity index (χ1n) is 6.14. The second kappa shape index (κ2) is 5.83. The van der Waals surface area contributed by atoms with Crippen molar-refractivity contribution in [3.8, 4) is 0 Å². The smallest absolute Gasteiger partial charge is 0.0479 e. The van der Waals surface area contributed by atoms with Crippen molar-refractivity contribution in [1.29, 1.82) is 0 Å². The summed E-state index contributed by atoms with van der Waals surface area (Å²) in [5.74, 6) is 0.520. The first-order valence-corrected chi connectivity index (χ1v) is 6.14. The summed E-state index contributed by atoms with van der Waals surface area (Å²) < 4.78 is 0. The Morgan fingerprint density at radius 1 is 1.24 bits per heavy atom. The highest BCUT2D eigenvalue weighted by Gasteiger charge is 2.24. The summed E-state index contributed by atoms with van der Waals surface area (Å²) in [6.07, 6.45) is 5.29. The molecular formula is C16H23N. The third-order valence-corrected chi connectivity index (χ3v) is 3.15. The lowest BCUT2D eigenvalue weighted by molar-refractivity contribution is 0.456. The molecule has 17 heavy (non-hydrogen) atoms. The van der Waals surface area contributed by atoms with Crippen molar-refractivity contribution < 1.29 is 0 Å². The molecule has 0 saturated carbocycles. The number of nitrogens with two attached hydrogens (primary N) is 1. The summed E-state index contributed by atoms with van der Waals surface area (Å²) in [7, 11) is 0. The zero-order valence-electron chi connectivity index (χ0n) is 10.9. The Morgan fingerprint density at radius 2 is 1.82 bits per heavy atom. The van der Waals surface area contributed by atoms with Gasteiger partial charge in [0.05, 0.1) is 0 Å². The Labute approximate surface area is 105 Å². The Morgan fingerprint density at radius 3 is 2.29 bits per heavy atom. The van der Waals surface area contributed by atoms with Gasteiger partial charge in [0.2, 0.25) is 0 Å². The van der Waals surface area contributed by atoms with Gasteiger partial charge < -0.3 is 5.73 Å². The molecule has 1 nitrogen and oxygen atoms in total. The van der Waals surface area contributed by atoms with Crippen LogP contribution in [-0.4, -0.2) is 0 Å². The third kappa shape index (κ3) is 3.31. The lowest BCUT2D eigenvalue weighted by atomic mass is 9.83. The first-order chi connectivity index (χ1) is 8.03. The van der Waals surface area contributed by atoms with Crippen molar-refractivity contribution in [2.75, 3.05) is 0 Å². The summed E-state index contributed by atoms with van der Waals surface area (Å²) in [6, 6.07) is 8.53. The van der Waals surface area contributed by atoms with Gasteiger partial charge in [0, 0.05) is 5.54 Å². The van der Waals surface area contributed by atoms with Crippen LogP contribution in [0.3, 0.4) is 0 Å². The Hall–Kier alpha value is -1.34. The molecule has 0 heterocycles. The van der Waals surface area contributed by atoms with Crippen LogP contribution < -0.4 is 5.73 Å². The number of hydrogen-bond acceptors (Lipinski definition) is 1. The van der Waals surface area contributed by atoms with Gasteiger partial charge in [-0.2, -0.15) is 0 Å². The molecule has 1 rings (SSSR count). The highest BCUT2D eigenvalue weighted by molar-refractivity contribution is 5.32. The maximum Gasteiger partial charge on any atom is 0.0479 e. The van der Waals surface area contributed by atoms with Crippen LogP contribution in [0, 0.1) is 0 Å². The predicted molar refractivity (Wildman–Crippen MR) is 76.0 cm³/mol. The van der Waals surface area contributed by atoms with E-state index in [4.69, 9.17) is 5.73 Å². The fraction of sp³-hybridized carbons (Fsp3) is 0.375. The standard InChI is InChI=1S/C16H23N/c1-5-10-16(17,11-6-2)15-9-7-8-14(12-15)13(3)4/h5-9,12-13H,1-2,10-11,17H2,3-4H3. The molecule has 2 N–H and O–H groups in total. The van der Waals surface area contributed by atoms with E-state index in [1.54, 1.807) is 0 Å². The predicted octanol–water partition coefficient (Wildman–Crippen LogP) is 4.12. The number of hydrogen-bond donors (Lipinski definition) is 1. The normalized spacial score (nSPS) is 11.5. The van der Waals surface area contributed by atoms with Crippen LogP contribution >= 0.6 is 0 Å². The van der Waals surface area contributed by atoms with Crippen LogP contribution in [0.25, 0.3) is 0 Å². The van der Waals surface area contributed by atoms with E-state index in [-0.39, 0.29) is 5.54 Å². The third-order valence-electron chi connectivity index (χ3n) is 3.15. The average Bonchev–Trinajstić information content (AvgIpc) is 2.30. The SMILES string of the molecule is C=CCC(N)(CC=C)c1cccc(C(C)C)c1. The summed E-state index contributed by atoms with van der Waals surface area (Å²) in [5.41, 5.74) is 8.59. The zero-order valence-corrected chi connectivity index (χ0v) is 10.9. The maximum atomic E-state index is 6.47. The van der Waals surface area contributed by atoms with Gasteiger partial charge in [0.15, 0.2) is 0 Å². The van der Waals surface area contributed by atoms with Gasteiger partial charge in [0.25, 0.3) is 0 Å². The number of benzene rings is 1. The van der Waals surface area contributed by atoms with E-state index in [9.17, 15) is 0 Å². The van der Waals surface area contributed by atoms with Crippen LogP contribution in [0.1, 0.15) is 43.7 Å². The molecule has 1 aromatic carbocycles. The molecule has 1 aromatic rings. The van der Waals surface area contributed by atoms with Gasteiger partial charge in [-0.3, -0.25) is 0 Å². The van der Waals surface area contributed by atoms with E-state index in [1.807, 2.05) is 12.2 Å². The lowest BCUT2D eigenvalue weighted by Gasteiger charge is -2.28. The average molecular weight is 229 g/mol. The highest BCUT2D eigenvalue weighted by atomic mass is 14.7. The van der Waals surface area contributed by atoms with Gasteiger partial charge in [-0.05, 0) is 29.9 Å². The molecule has 0 atom stereocenters. The monoisotopic (exact) mass is 229 g/mol. The summed E-state index contributed by atoms with van der Waals surface area (Å²) in [4.78, 5) is 0. The van der Waals surface area contributed by atoms with Crippen molar-refractivity contribution in [3.05, 3.63) is 60.7 Å². The van der Waals surface area contributed by atoms with Crippen LogP contribution in [0.4, 0.5) is 0 Å². The van der Waals surface area contributed by atoms with Gasteiger partial charge in [-0.25, -0.2) is 0 Å². The minimum absolute atomic E-state index is 0.367. The molecule has 0 unspecified atom stereocenters. The summed E-state index contributed by atoms with van der Waals surface area (Å²) >= 11 is 0. The van der Waals surface area contributed by atoms with E-state index >= 15 is 0 Å². The first kappa shape index (κ1) is 13.7. The molecule has 0 spiro atoms. The maximum absolute atomic E-state index is 6.47. The fourth-order valence-electron chi connectivity index (χ4n) is 2.04. The molecule has 0 fully saturated rings. The Kier molecular flexibility index (Phi) is 4.71. The molecule has 0 aliphatic heterocycles. The lowest BCUT2D eigenvalue weighted by Crippen LogP contribution is -2.35. The second-order valence-corrected chi connectivity index (χ2v) is 4.92. The van der Waals surface area contributed by atoms with Crippen LogP contribution in [0.5, 0.6) is 0 Å². The molecule has 1 heteroatoms. The molecule has 0 aromatic heterocycles. The Balaban J connectivity index is 3.13. The minimum Gasteiger partial charge on any atom is -0.321 e. The molecule has 0 saturated heterocycles. The molecule has 92 valence electrons. The van der Waals surface area contributed by atoms with Crippen LogP contribution in [0.2, 0.25) is 0 Å². The Bertz CT molecular complexity index is 380. The van der Waals surface area contributed by atoms with E-state index in [0.29, 0.717) is 5.92 Å². The van der Waals surface area contributed by atoms with E-state index in [1.165, 1.54) is 11.1 Å². The van der Waals surface area contributed by atoms with Crippen LogP contribution in [-0.2, 0) is 5.54 Å². The van der Waals surface area contributed by atoms with Crippen molar-refractivity contribution in [1.82, 2.24) is 0 Å². The van der Waals surface area contributed by atoms with Crippen LogP contribution in [0.15, 0.2) is 49.6 Å². The fourth-order valence-corrected chi connectivity index (χ4v) is 2.04.